The number of para-hydroxylation sites is 1. The zero-order valence-electron chi connectivity index (χ0n) is 26.9. The number of hydrogen-bond donors (Lipinski definition) is 0. The average molecular weight is 639 g/mol. The molecule has 6 rings (SSSR count). The minimum atomic E-state index is -0.261. The highest BCUT2D eigenvalue weighted by atomic mass is 16.5. The Kier molecular flexibility index (Phi) is 9.94. The van der Waals surface area contributed by atoms with Gasteiger partial charge in [0.1, 0.15) is 30.9 Å². The Bertz CT molecular complexity index is 1930. The van der Waals surface area contributed by atoms with Crippen LogP contribution in [0.4, 0.5) is 0 Å². The predicted octanol–water partition coefficient (Wildman–Crippen LogP) is 5.50. The van der Waals surface area contributed by atoms with Crippen molar-refractivity contribution < 1.29 is 28.5 Å². The quantitative estimate of drug-likeness (QED) is 0.115. The lowest BCUT2D eigenvalue weighted by molar-refractivity contribution is 0.0990. The lowest BCUT2D eigenvalue weighted by Gasteiger charge is -2.19. The summed E-state index contributed by atoms with van der Waals surface area (Å²) >= 11 is 0. The molecule has 0 N–H and O–H groups in total. The van der Waals surface area contributed by atoms with E-state index in [4.69, 9.17) is 23.7 Å². The first-order valence-electron chi connectivity index (χ1n) is 15.7. The summed E-state index contributed by atoms with van der Waals surface area (Å²) in [4.78, 5) is 36.2. The third kappa shape index (κ3) is 6.91. The number of aromatic nitrogens is 4. The highest BCUT2D eigenvalue weighted by molar-refractivity contribution is 5.98. The average Bonchev–Trinajstić information content (AvgIpc) is 3.38. The maximum absolute atomic E-state index is 13.7. The summed E-state index contributed by atoms with van der Waals surface area (Å²) in [6.45, 7) is 4.14. The molecular weight excluding hydrogens is 600 g/mol. The van der Waals surface area contributed by atoms with Gasteiger partial charge >= 0.3 is 0 Å². The van der Waals surface area contributed by atoms with E-state index in [0.29, 0.717) is 73.4 Å². The topological polar surface area (TPSA) is 116 Å². The molecule has 0 spiro atoms. The van der Waals surface area contributed by atoms with Crippen LogP contribution in [0.1, 0.15) is 40.0 Å². The first kappa shape index (κ1) is 32.0. The smallest absolute Gasteiger partial charge is 0.282 e. The fourth-order valence-corrected chi connectivity index (χ4v) is 5.87. The van der Waals surface area contributed by atoms with Gasteiger partial charge in [-0.3, -0.25) is 14.3 Å². The number of rotatable bonds is 14. The number of nitrogens with zero attached hydrogens (tertiary/aromatic N) is 4. The molecule has 3 aromatic carbocycles. The van der Waals surface area contributed by atoms with E-state index in [1.807, 2.05) is 60.1 Å². The van der Waals surface area contributed by atoms with Gasteiger partial charge in [0.05, 0.1) is 35.5 Å². The Morgan fingerprint density at radius 3 is 2.32 bits per heavy atom. The summed E-state index contributed by atoms with van der Waals surface area (Å²) in [5.74, 6) is 1.78. The number of carbonyl (C=O) groups excluding carboxylic acids is 1. The van der Waals surface area contributed by atoms with Crippen LogP contribution in [0.25, 0.3) is 16.6 Å². The third-order valence-corrected chi connectivity index (χ3v) is 8.13. The third-order valence-electron chi connectivity index (χ3n) is 8.13. The van der Waals surface area contributed by atoms with E-state index < -0.39 is 0 Å². The molecule has 0 saturated heterocycles. The molecule has 11 heteroatoms. The second-order valence-electron chi connectivity index (χ2n) is 11.3. The molecule has 0 saturated carbocycles. The number of fused-ring (bicyclic) bond motifs is 2. The summed E-state index contributed by atoms with van der Waals surface area (Å²) in [5.41, 5.74) is 3.84. The van der Waals surface area contributed by atoms with Crippen LogP contribution in [0, 0.1) is 6.92 Å². The van der Waals surface area contributed by atoms with Crippen LogP contribution in [-0.2, 0) is 28.9 Å². The van der Waals surface area contributed by atoms with Crippen LogP contribution in [0.15, 0.2) is 71.8 Å². The van der Waals surface area contributed by atoms with Crippen molar-refractivity contribution in [1.82, 2.24) is 19.3 Å². The Balaban J connectivity index is 1.25. The maximum Gasteiger partial charge on any atom is 0.282 e. The molecule has 1 aliphatic heterocycles. The van der Waals surface area contributed by atoms with E-state index >= 15 is 0 Å². The van der Waals surface area contributed by atoms with E-state index in [9.17, 15) is 9.59 Å². The van der Waals surface area contributed by atoms with Gasteiger partial charge in [-0.25, -0.2) is 14.6 Å². The van der Waals surface area contributed by atoms with Gasteiger partial charge in [0.25, 0.3) is 5.56 Å². The van der Waals surface area contributed by atoms with Crippen molar-refractivity contribution in [2.45, 2.75) is 39.2 Å². The molecular formula is C36H38N4O7. The molecule has 0 fully saturated rings. The zero-order chi connectivity index (χ0) is 32.8. The van der Waals surface area contributed by atoms with Crippen LogP contribution >= 0.6 is 0 Å². The largest absolute Gasteiger partial charge is 0.487 e. The summed E-state index contributed by atoms with van der Waals surface area (Å²) in [6, 6.07) is 18.7. The highest BCUT2D eigenvalue weighted by Crippen LogP contribution is 2.37. The lowest BCUT2D eigenvalue weighted by atomic mass is 9.98. The number of ether oxygens (including phenoxy) is 5. The molecule has 11 nitrogen and oxygen atoms in total. The highest BCUT2D eigenvalue weighted by Gasteiger charge is 2.27. The monoisotopic (exact) mass is 638 g/mol. The number of hydrogen-bond acceptors (Lipinski definition) is 9. The molecule has 3 heterocycles. The summed E-state index contributed by atoms with van der Waals surface area (Å²) in [7, 11) is 3.22. The maximum atomic E-state index is 13.7. The van der Waals surface area contributed by atoms with E-state index in [0.717, 1.165) is 35.3 Å². The number of carbonyl (C=O) groups is 1. The van der Waals surface area contributed by atoms with Crippen molar-refractivity contribution in [3.05, 3.63) is 99.7 Å². The lowest BCUT2D eigenvalue weighted by Crippen LogP contribution is -2.24. The van der Waals surface area contributed by atoms with Gasteiger partial charge in [0.15, 0.2) is 17.3 Å². The Hall–Kier alpha value is -5.00. The normalized spacial score (nSPS) is 12.6. The van der Waals surface area contributed by atoms with Crippen molar-refractivity contribution in [3.8, 4) is 28.8 Å². The van der Waals surface area contributed by atoms with Crippen molar-refractivity contribution in [3.63, 3.8) is 0 Å². The molecule has 0 amide bonds. The van der Waals surface area contributed by atoms with Gasteiger partial charge in [-0.2, -0.15) is 0 Å². The van der Waals surface area contributed by atoms with E-state index in [1.54, 1.807) is 31.0 Å². The molecule has 0 unspecified atom stereocenters. The summed E-state index contributed by atoms with van der Waals surface area (Å²) < 4.78 is 32.0. The summed E-state index contributed by atoms with van der Waals surface area (Å²) in [5, 5.41) is 0.644. The van der Waals surface area contributed by atoms with Crippen molar-refractivity contribution in [2.75, 3.05) is 40.6 Å². The number of ketones is 1. The number of methoxy groups -OCH3 is 2. The van der Waals surface area contributed by atoms with Crippen LogP contribution < -0.4 is 19.8 Å². The molecule has 2 aromatic heterocycles. The van der Waals surface area contributed by atoms with Gasteiger partial charge in [0, 0.05) is 33.3 Å². The van der Waals surface area contributed by atoms with Gasteiger partial charge < -0.3 is 23.7 Å². The van der Waals surface area contributed by atoms with Crippen molar-refractivity contribution >= 4 is 16.7 Å². The minimum absolute atomic E-state index is 0.104. The molecule has 0 atom stereocenters. The first-order chi connectivity index (χ1) is 23.0. The Labute approximate surface area is 272 Å². The van der Waals surface area contributed by atoms with Crippen molar-refractivity contribution in [1.29, 1.82) is 0 Å². The van der Waals surface area contributed by atoms with Crippen LogP contribution in [0.2, 0.25) is 0 Å². The molecule has 0 radical (unpaired) electrons. The summed E-state index contributed by atoms with van der Waals surface area (Å²) in [6.07, 6.45) is 4.16. The minimum Gasteiger partial charge on any atom is -0.487 e. The second-order valence-corrected chi connectivity index (χ2v) is 11.3. The Morgan fingerprint density at radius 2 is 1.60 bits per heavy atom. The van der Waals surface area contributed by atoms with Gasteiger partial charge in [-0.1, -0.05) is 30.3 Å². The van der Waals surface area contributed by atoms with E-state index in [2.05, 4.69) is 9.97 Å². The predicted molar refractivity (Wildman–Crippen MR) is 177 cm³/mol. The van der Waals surface area contributed by atoms with E-state index in [-0.39, 0.29) is 23.3 Å². The standard InChI is InChI=1S/C36H38N4O7/c1-24-19-25(20-30(41)34-29-11-7-8-14-39(29)40(36(34)42)26-9-5-4-6-10-26)12-13-31(24)47-35-27-21-32(45-17-15-43-2)33(46-18-16-44-3)22-28(27)37-23-38-35/h4-6,9-10,12-13,19,21-23H,7-8,11,14-18,20H2,1-3H3. The van der Waals surface area contributed by atoms with E-state index in [1.165, 1.54) is 6.33 Å². The van der Waals surface area contributed by atoms with Crippen molar-refractivity contribution in [2.24, 2.45) is 0 Å². The fraction of sp³-hybridized carbons (Fsp3) is 0.333. The van der Waals surface area contributed by atoms with Gasteiger partial charge in [0.2, 0.25) is 5.88 Å². The zero-order valence-corrected chi connectivity index (χ0v) is 26.9. The Morgan fingerprint density at radius 1 is 0.851 bits per heavy atom. The molecule has 0 bridgehead atoms. The van der Waals surface area contributed by atoms with Gasteiger partial charge in [-0.05, 0) is 61.6 Å². The molecule has 1 aliphatic rings. The first-order valence-corrected chi connectivity index (χ1v) is 15.7. The van der Waals surface area contributed by atoms with Crippen LogP contribution in [-0.4, -0.2) is 65.8 Å². The van der Waals surface area contributed by atoms with Crippen LogP contribution in [0.3, 0.4) is 0 Å². The molecule has 244 valence electrons. The fourth-order valence-electron chi connectivity index (χ4n) is 5.87. The molecule has 5 aromatic rings. The molecule has 47 heavy (non-hydrogen) atoms. The van der Waals surface area contributed by atoms with Gasteiger partial charge in [-0.15, -0.1) is 0 Å². The number of Topliss-reactive ketones (excluding diaryl/α,β-unsaturated/α-hetero) is 1. The molecule has 0 aliphatic carbocycles. The van der Waals surface area contributed by atoms with Crippen LogP contribution in [0.5, 0.6) is 23.1 Å². The SMILES string of the molecule is COCCOc1cc2ncnc(Oc3ccc(CC(=O)c4c5n(n(-c6ccccc6)c4=O)CCCC5)cc3C)c2cc1OCCOC. The number of aryl methyl sites for hydroxylation is 1. The second kappa shape index (κ2) is 14.6. The number of benzene rings is 3.